The third kappa shape index (κ3) is 3.21. The van der Waals surface area contributed by atoms with E-state index >= 15 is 0 Å². The van der Waals surface area contributed by atoms with Crippen molar-refractivity contribution in [3.63, 3.8) is 0 Å². The zero-order valence-electron chi connectivity index (χ0n) is 9.20. The second-order valence-electron chi connectivity index (χ2n) is 4.26. The first-order chi connectivity index (χ1) is 7.19. The molecule has 4 nitrogen and oxygen atoms in total. The maximum atomic E-state index is 11.7. The average Bonchev–Trinajstić information content (AvgIpc) is 2.65. The summed E-state index contributed by atoms with van der Waals surface area (Å²) in [4.78, 5) is 11.7. The lowest BCUT2D eigenvalue weighted by Gasteiger charge is -2.18. The Hall–Kier alpha value is -1.08. The van der Waals surface area contributed by atoms with Crippen molar-refractivity contribution in [2.24, 2.45) is 17.6 Å². The number of amides is 1. The van der Waals surface area contributed by atoms with Gasteiger partial charge >= 0.3 is 0 Å². The minimum Gasteiger partial charge on any atom is -0.352 e. The van der Waals surface area contributed by atoms with Gasteiger partial charge in [-0.1, -0.05) is 6.92 Å². The van der Waals surface area contributed by atoms with Crippen LogP contribution in [0, 0.1) is 23.2 Å². The van der Waals surface area contributed by atoms with Crippen LogP contribution in [0.15, 0.2) is 0 Å². The van der Waals surface area contributed by atoms with Gasteiger partial charge in [0.15, 0.2) is 0 Å². The minimum atomic E-state index is -0.0463. The molecule has 3 N–H and O–H groups in total. The number of nitriles is 1. The van der Waals surface area contributed by atoms with Crippen molar-refractivity contribution in [2.75, 3.05) is 6.54 Å². The van der Waals surface area contributed by atoms with E-state index < -0.39 is 0 Å². The molecule has 0 aromatic heterocycles. The number of carbonyl (C=O) groups excluding carboxylic acids is 1. The van der Waals surface area contributed by atoms with Crippen LogP contribution in [-0.2, 0) is 4.79 Å². The highest BCUT2D eigenvalue weighted by atomic mass is 16.1. The molecule has 3 atom stereocenters. The molecule has 0 heterocycles. The Kier molecular flexibility index (Phi) is 4.57. The number of hydrogen-bond acceptors (Lipinski definition) is 3. The molecule has 1 rings (SSSR count). The summed E-state index contributed by atoms with van der Waals surface area (Å²) in [5.41, 5.74) is 5.40. The fourth-order valence-corrected chi connectivity index (χ4v) is 1.99. The van der Waals surface area contributed by atoms with E-state index in [1.807, 2.05) is 6.92 Å². The van der Waals surface area contributed by atoms with Crippen molar-refractivity contribution in [3.05, 3.63) is 0 Å². The van der Waals surface area contributed by atoms with Crippen LogP contribution in [-0.4, -0.2) is 18.5 Å². The van der Waals surface area contributed by atoms with E-state index in [0.29, 0.717) is 13.0 Å². The fraction of sp³-hybridized carbons (Fsp3) is 0.818. The Labute approximate surface area is 90.8 Å². The molecule has 0 aliphatic heterocycles. The fourth-order valence-electron chi connectivity index (χ4n) is 1.99. The largest absolute Gasteiger partial charge is 0.352 e. The third-order valence-electron chi connectivity index (χ3n) is 3.06. The lowest BCUT2D eigenvalue weighted by atomic mass is 10.0. The van der Waals surface area contributed by atoms with Gasteiger partial charge in [0.2, 0.25) is 5.91 Å². The zero-order chi connectivity index (χ0) is 11.3. The molecule has 0 saturated heterocycles. The van der Waals surface area contributed by atoms with Gasteiger partial charge in [-0.3, -0.25) is 4.79 Å². The van der Waals surface area contributed by atoms with Crippen LogP contribution in [0.4, 0.5) is 0 Å². The van der Waals surface area contributed by atoms with Gasteiger partial charge in [-0.2, -0.15) is 5.26 Å². The van der Waals surface area contributed by atoms with Crippen molar-refractivity contribution < 1.29 is 4.79 Å². The second kappa shape index (κ2) is 5.72. The topological polar surface area (TPSA) is 78.9 Å². The summed E-state index contributed by atoms with van der Waals surface area (Å²) >= 11 is 0. The SMILES string of the molecule is CC(CCN)C(=O)NC1CCCC1C#N. The van der Waals surface area contributed by atoms with E-state index in [-0.39, 0.29) is 23.8 Å². The van der Waals surface area contributed by atoms with Gasteiger partial charge in [0.05, 0.1) is 12.0 Å². The van der Waals surface area contributed by atoms with E-state index in [4.69, 9.17) is 11.0 Å². The van der Waals surface area contributed by atoms with Crippen LogP contribution < -0.4 is 11.1 Å². The first-order valence-corrected chi connectivity index (χ1v) is 5.59. The molecular weight excluding hydrogens is 190 g/mol. The molecule has 1 amide bonds. The lowest BCUT2D eigenvalue weighted by Crippen LogP contribution is -2.40. The molecule has 0 aromatic carbocycles. The molecule has 1 aliphatic carbocycles. The predicted molar refractivity (Wildman–Crippen MR) is 57.7 cm³/mol. The van der Waals surface area contributed by atoms with Crippen LogP contribution in [0.1, 0.15) is 32.6 Å². The maximum Gasteiger partial charge on any atom is 0.223 e. The summed E-state index contributed by atoms with van der Waals surface area (Å²) in [7, 11) is 0. The first-order valence-electron chi connectivity index (χ1n) is 5.59. The Morgan fingerprint density at radius 1 is 1.67 bits per heavy atom. The molecule has 0 spiro atoms. The molecule has 4 heteroatoms. The summed E-state index contributed by atoms with van der Waals surface area (Å²) in [6.45, 7) is 2.40. The van der Waals surface area contributed by atoms with Crippen LogP contribution in [0.3, 0.4) is 0 Å². The summed E-state index contributed by atoms with van der Waals surface area (Å²) in [5, 5.41) is 11.8. The van der Waals surface area contributed by atoms with Gasteiger partial charge in [-0.15, -0.1) is 0 Å². The molecule has 0 aromatic rings. The van der Waals surface area contributed by atoms with Gasteiger partial charge in [0, 0.05) is 12.0 Å². The highest BCUT2D eigenvalue weighted by molar-refractivity contribution is 5.78. The highest BCUT2D eigenvalue weighted by Crippen LogP contribution is 2.25. The van der Waals surface area contributed by atoms with E-state index in [2.05, 4.69) is 11.4 Å². The summed E-state index contributed by atoms with van der Waals surface area (Å²) in [6, 6.07) is 2.31. The summed E-state index contributed by atoms with van der Waals surface area (Å²) < 4.78 is 0. The van der Waals surface area contributed by atoms with E-state index in [1.54, 1.807) is 0 Å². The predicted octanol–water partition coefficient (Wildman–Crippen LogP) is 0.780. The number of nitrogens with zero attached hydrogens (tertiary/aromatic N) is 1. The van der Waals surface area contributed by atoms with Crippen LogP contribution in [0.25, 0.3) is 0 Å². The number of hydrogen-bond donors (Lipinski definition) is 2. The number of rotatable bonds is 4. The van der Waals surface area contributed by atoms with Crippen molar-refractivity contribution in [1.29, 1.82) is 5.26 Å². The Balaban J connectivity index is 2.41. The van der Waals surface area contributed by atoms with E-state index in [9.17, 15) is 4.79 Å². The normalized spacial score (nSPS) is 27.0. The van der Waals surface area contributed by atoms with Crippen molar-refractivity contribution in [2.45, 2.75) is 38.6 Å². The molecule has 84 valence electrons. The molecule has 15 heavy (non-hydrogen) atoms. The highest BCUT2D eigenvalue weighted by Gasteiger charge is 2.29. The third-order valence-corrected chi connectivity index (χ3v) is 3.06. The number of nitrogens with two attached hydrogens (primary N) is 1. The smallest absolute Gasteiger partial charge is 0.223 e. The van der Waals surface area contributed by atoms with Crippen LogP contribution in [0.5, 0.6) is 0 Å². The molecule has 0 radical (unpaired) electrons. The summed E-state index contributed by atoms with van der Waals surface area (Å²) in [6.07, 6.45) is 3.58. The van der Waals surface area contributed by atoms with Gasteiger partial charge in [0.25, 0.3) is 0 Å². The van der Waals surface area contributed by atoms with Crippen molar-refractivity contribution >= 4 is 5.91 Å². The van der Waals surface area contributed by atoms with Crippen molar-refractivity contribution in [3.8, 4) is 6.07 Å². The monoisotopic (exact) mass is 209 g/mol. The van der Waals surface area contributed by atoms with Gasteiger partial charge in [-0.25, -0.2) is 0 Å². The second-order valence-corrected chi connectivity index (χ2v) is 4.26. The first kappa shape index (κ1) is 12.0. The Morgan fingerprint density at radius 3 is 3.00 bits per heavy atom. The summed E-state index contributed by atoms with van der Waals surface area (Å²) in [5.74, 6) is -0.0124. The standard InChI is InChI=1S/C11H19N3O/c1-8(5-6-12)11(15)14-10-4-2-3-9(10)7-13/h8-10H,2-6,12H2,1H3,(H,14,15). The van der Waals surface area contributed by atoms with Gasteiger partial charge < -0.3 is 11.1 Å². The molecule has 1 fully saturated rings. The van der Waals surface area contributed by atoms with Gasteiger partial charge in [0.1, 0.15) is 0 Å². The van der Waals surface area contributed by atoms with Crippen LogP contribution in [0.2, 0.25) is 0 Å². The van der Waals surface area contributed by atoms with E-state index in [0.717, 1.165) is 19.3 Å². The average molecular weight is 209 g/mol. The van der Waals surface area contributed by atoms with E-state index in [1.165, 1.54) is 0 Å². The number of nitrogens with one attached hydrogen (secondary N) is 1. The van der Waals surface area contributed by atoms with Gasteiger partial charge in [-0.05, 0) is 32.2 Å². The van der Waals surface area contributed by atoms with Crippen molar-refractivity contribution in [1.82, 2.24) is 5.32 Å². The lowest BCUT2D eigenvalue weighted by molar-refractivity contribution is -0.125. The quantitative estimate of drug-likeness (QED) is 0.718. The molecular formula is C11H19N3O. The Bertz CT molecular complexity index is 259. The Morgan fingerprint density at radius 2 is 2.40 bits per heavy atom. The molecule has 1 saturated carbocycles. The molecule has 1 aliphatic rings. The zero-order valence-corrected chi connectivity index (χ0v) is 9.20. The molecule has 3 unspecified atom stereocenters. The molecule has 0 bridgehead atoms. The number of carbonyl (C=O) groups is 1. The maximum absolute atomic E-state index is 11.7. The van der Waals surface area contributed by atoms with Crippen LogP contribution >= 0.6 is 0 Å². The minimum absolute atomic E-state index is 0.000901.